The Hall–Kier alpha value is -3.98. The molecule has 1 atom stereocenters. The zero-order valence-corrected chi connectivity index (χ0v) is 19.8. The monoisotopic (exact) mass is 481 g/mol. The van der Waals surface area contributed by atoms with Crippen LogP contribution in [0.4, 0.5) is 9.18 Å². The molecule has 0 radical (unpaired) electrons. The minimum atomic E-state index is -1.04. The van der Waals surface area contributed by atoms with E-state index in [-0.39, 0.29) is 19.0 Å². The largest absolute Gasteiger partial charge is 0.455 e. The zero-order valence-electron chi connectivity index (χ0n) is 19.8. The smallest absolute Gasteiger partial charge is 0.408 e. The van der Waals surface area contributed by atoms with Gasteiger partial charge >= 0.3 is 6.09 Å². The Labute approximate surface area is 203 Å². The normalized spacial score (nSPS) is 12.3. The first-order chi connectivity index (χ1) is 16.7. The van der Waals surface area contributed by atoms with Gasteiger partial charge in [-0.15, -0.1) is 0 Å². The van der Waals surface area contributed by atoms with E-state index in [1.165, 1.54) is 18.3 Å². The van der Waals surface area contributed by atoms with Gasteiger partial charge in [0.25, 0.3) is 5.91 Å². The third-order valence-corrected chi connectivity index (χ3v) is 4.53. The Morgan fingerprint density at radius 3 is 2.46 bits per heavy atom. The molecule has 3 rings (SSSR count). The number of nitrogens with one attached hydrogen (secondary N) is 2. The van der Waals surface area contributed by atoms with Crippen molar-refractivity contribution in [2.75, 3.05) is 6.61 Å². The fourth-order valence-electron chi connectivity index (χ4n) is 2.93. The number of benzene rings is 2. The highest BCUT2D eigenvalue weighted by molar-refractivity contribution is 5.87. The fourth-order valence-corrected chi connectivity index (χ4v) is 2.93. The van der Waals surface area contributed by atoms with Crippen molar-refractivity contribution in [3.8, 4) is 11.3 Å². The van der Waals surface area contributed by atoms with Crippen molar-refractivity contribution in [1.82, 2.24) is 10.7 Å². The van der Waals surface area contributed by atoms with E-state index in [4.69, 9.17) is 13.9 Å². The summed E-state index contributed by atoms with van der Waals surface area (Å²) in [7, 11) is 0. The predicted octanol–water partition coefficient (Wildman–Crippen LogP) is 4.65. The summed E-state index contributed by atoms with van der Waals surface area (Å²) >= 11 is 0. The van der Waals surface area contributed by atoms with Crippen LogP contribution in [-0.4, -0.2) is 36.5 Å². The summed E-state index contributed by atoms with van der Waals surface area (Å²) in [5.74, 6) is -0.0317. The number of nitrogens with zero attached hydrogens (tertiary/aromatic N) is 1. The molecule has 8 nitrogen and oxygen atoms in total. The van der Waals surface area contributed by atoms with Crippen LogP contribution < -0.4 is 10.7 Å². The third kappa shape index (κ3) is 8.71. The van der Waals surface area contributed by atoms with E-state index in [2.05, 4.69) is 15.8 Å². The number of carbonyl (C=O) groups excluding carboxylic acids is 2. The Morgan fingerprint density at radius 2 is 1.77 bits per heavy atom. The molecule has 0 bridgehead atoms. The molecule has 0 unspecified atom stereocenters. The maximum atomic E-state index is 13.1. The summed E-state index contributed by atoms with van der Waals surface area (Å²) in [4.78, 5) is 24.9. The molecule has 184 valence electrons. The molecule has 0 aliphatic rings. The summed E-state index contributed by atoms with van der Waals surface area (Å²) in [6, 6.07) is 17.6. The second-order valence-corrected chi connectivity index (χ2v) is 8.64. The molecule has 9 heteroatoms. The Balaban J connectivity index is 1.59. The molecule has 0 aliphatic heterocycles. The highest BCUT2D eigenvalue weighted by Crippen LogP contribution is 2.21. The van der Waals surface area contributed by atoms with Crippen molar-refractivity contribution in [1.29, 1.82) is 0 Å². The number of hydrogen-bond donors (Lipinski definition) is 2. The molecule has 1 heterocycles. The Kier molecular flexibility index (Phi) is 8.74. The van der Waals surface area contributed by atoms with Crippen molar-refractivity contribution in [2.24, 2.45) is 5.10 Å². The van der Waals surface area contributed by atoms with Gasteiger partial charge in [0.2, 0.25) is 0 Å². The Morgan fingerprint density at radius 1 is 1.06 bits per heavy atom. The van der Waals surface area contributed by atoms with Crippen LogP contribution in [0.5, 0.6) is 0 Å². The lowest BCUT2D eigenvalue weighted by atomic mass is 10.2. The summed E-state index contributed by atoms with van der Waals surface area (Å²) in [6.45, 7) is 5.34. The lowest BCUT2D eigenvalue weighted by Gasteiger charge is -2.22. The minimum absolute atomic E-state index is 0.0923. The number of amides is 2. The number of hydrogen-bond acceptors (Lipinski definition) is 6. The lowest BCUT2D eigenvalue weighted by Crippen LogP contribution is -2.49. The molecular formula is C26H28FN3O5. The summed E-state index contributed by atoms with van der Waals surface area (Å²) in [5, 5.41) is 6.42. The highest BCUT2D eigenvalue weighted by atomic mass is 19.1. The van der Waals surface area contributed by atoms with Gasteiger partial charge in [-0.25, -0.2) is 14.6 Å². The van der Waals surface area contributed by atoms with E-state index in [1.807, 2.05) is 30.3 Å². The first-order valence-electron chi connectivity index (χ1n) is 11.0. The van der Waals surface area contributed by atoms with Crippen LogP contribution in [0.2, 0.25) is 0 Å². The summed E-state index contributed by atoms with van der Waals surface area (Å²) in [5.41, 5.74) is 3.28. The lowest BCUT2D eigenvalue weighted by molar-refractivity contribution is -0.124. The first kappa shape index (κ1) is 25.6. The number of alkyl carbamates (subject to hydrolysis) is 1. The molecule has 0 fully saturated rings. The van der Waals surface area contributed by atoms with Crippen LogP contribution in [0.3, 0.4) is 0 Å². The van der Waals surface area contributed by atoms with Gasteiger partial charge in [0.05, 0.1) is 19.4 Å². The number of carbonyl (C=O) groups is 2. The zero-order chi connectivity index (χ0) is 25.3. The molecule has 0 spiro atoms. The number of furan rings is 1. The van der Waals surface area contributed by atoms with Gasteiger partial charge < -0.3 is 19.2 Å². The van der Waals surface area contributed by atoms with Crippen LogP contribution in [0.15, 0.2) is 76.2 Å². The molecule has 35 heavy (non-hydrogen) atoms. The van der Waals surface area contributed by atoms with E-state index in [1.54, 1.807) is 45.0 Å². The number of halogens is 1. The SMILES string of the molecule is CC(C)(C)OC(=O)N[C@@H](COCc1ccccc1)C(=O)N/N=C\c1ccc(-c2ccc(F)cc2)o1. The van der Waals surface area contributed by atoms with E-state index < -0.39 is 23.6 Å². The quantitative estimate of drug-likeness (QED) is 0.342. The summed E-state index contributed by atoms with van der Waals surface area (Å²) < 4.78 is 29.6. The van der Waals surface area contributed by atoms with Crippen LogP contribution in [0.1, 0.15) is 32.1 Å². The van der Waals surface area contributed by atoms with Gasteiger partial charge in [-0.2, -0.15) is 5.10 Å². The van der Waals surface area contributed by atoms with Crippen LogP contribution in [0, 0.1) is 5.82 Å². The van der Waals surface area contributed by atoms with Gasteiger partial charge in [-0.05, 0) is 62.7 Å². The molecule has 1 aromatic heterocycles. The van der Waals surface area contributed by atoms with E-state index in [0.29, 0.717) is 17.1 Å². The second-order valence-electron chi connectivity index (χ2n) is 8.64. The van der Waals surface area contributed by atoms with Gasteiger partial charge in [0.1, 0.15) is 29.0 Å². The second kappa shape index (κ2) is 11.9. The maximum absolute atomic E-state index is 13.1. The molecule has 0 saturated carbocycles. The van der Waals surface area contributed by atoms with Crippen molar-refractivity contribution in [3.05, 3.63) is 83.9 Å². The molecular weight excluding hydrogens is 453 g/mol. The van der Waals surface area contributed by atoms with Crippen LogP contribution in [-0.2, 0) is 20.9 Å². The van der Waals surface area contributed by atoms with Crippen molar-refractivity contribution in [2.45, 2.75) is 39.0 Å². The summed E-state index contributed by atoms with van der Waals surface area (Å²) in [6.07, 6.45) is 0.570. The number of hydrazone groups is 1. The van der Waals surface area contributed by atoms with E-state index in [0.717, 1.165) is 5.56 Å². The third-order valence-electron chi connectivity index (χ3n) is 4.53. The maximum Gasteiger partial charge on any atom is 0.408 e. The Bertz CT molecular complexity index is 1140. The molecule has 0 aliphatic carbocycles. The fraction of sp³-hybridized carbons (Fsp3) is 0.269. The van der Waals surface area contributed by atoms with Crippen molar-refractivity contribution in [3.63, 3.8) is 0 Å². The van der Waals surface area contributed by atoms with E-state index >= 15 is 0 Å². The van der Waals surface area contributed by atoms with Crippen molar-refractivity contribution < 1.29 is 27.9 Å². The van der Waals surface area contributed by atoms with Gasteiger partial charge in [0, 0.05) is 5.56 Å². The topological polar surface area (TPSA) is 102 Å². The van der Waals surface area contributed by atoms with Gasteiger partial charge in [-0.1, -0.05) is 30.3 Å². The average molecular weight is 482 g/mol. The highest BCUT2D eigenvalue weighted by Gasteiger charge is 2.24. The minimum Gasteiger partial charge on any atom is -0.455 e. The van der Waals surface area contributed by atoms with E-state index in [9.17, 15) is 14.0 Å². The average Bonchev–Trinajstić information content (AvgIpc) is 3.27. The molecule has 2 amide bonds. The van der Waals surface area contributed by atoms with Gasteiger partial charge in [0.15, 0.2) is 0 Å². The van der Waals surface area contributed by atoms with Crippen LogP contribution >= 0.6 is 0 Å². The van der Waals surface area contributed by atoms with Gasteiger partial charge in [-0.3, -0.25) is 4.79 Å². The van der Waals surface area contributed by atoms with Crippen LogP contribution in [0.25, 0.3) is 11.3 Å². The molecule has 0 saturated heterocycles. The molecule has 2 aromatic carbocycles. The van der Waals surface area contributed by atoms with Crippen molar-refractivity contribution >= 4 is 18.2 Å². The first-order valence-corrected chi connectivity index (χ1v) is 11.0. The number of ether oxygens (including phenoxy) is 2. The predicted molar refractivity (Wildman–Crippen MR) is 129 cm³/mol. The molecule has 2 N–H and O–H groups in total. The molecule has 3 aromatic rings. The number of rotatable bonds is 9. The standard InChI is InChI=1S/C26H28FN3O5/c1-26(2,3)35-25(32)29-22(17-33-16-18-7-5-4-6-8-18)24(31)30-28-15-21-13-14-23(34-21)19-9-11-20(27)12-10-19/h4-15,22H,16-17H2,1-3H3,(H,29,32)(H,30,31)/b28-15-/t22-/m0/s1.